The molecule has 1 heterocycles. The van der Waals surface area contributed by atoms with Crippen LogP contribution in [0.3, 0.4) is 0 Å². The summed E-state index contributed by atoms with van der Waals surface area (Å²) in [6, 6.07) is 0.0962. The van der Waals surface area contributed by atoms with Crippen LogP contribution in [0.25, 0.3) is 0 Å². The van der Waals surface area contributed by atoms with Crippen molar-refractivity contribution in [2.75, 3.05) is 6.61 Å². The van der Waals surface area contributed by atoms with E-state index in [0.29, 0.717) is 12.4 Å². The van der Waals surface area contributed by atoms with Crippen molar-refractivity contribution in [3.05, 3.63) is 0 Å². The van der Waals surface area contributed by atoms with Crippen molar-refractivity contribution in [1.29, 1.82) is 0 Å². The number of aliphatic imine (C=N–C) groups is 1. The van der Waals surface area contributed by atoms with Gasteiger partial charge >= 0.3 is 5.97 Å². The zero-order valence-corrected chi connectivity index (χ0v) is 7.76. The SMILES string of the molecule is CC(=O)OC[C@@H]1CCC(N)=N1.Cl. The minimum absolute atomic E-state index is 0. The topological polar surface area (TPSA) is 64.7 Å². The summed E-state index contributed by atoms with van der Waals surface area (Å²) in [6.45, 7) is 1.76. The fourth-order valence-corrected chi connectivity index (χ4v) is 1.01. The number of nitrogens with zero attached hydrogens (tertiary/aromatic N) is 1. The second-order valence-electron chi connectivity index (χ2n) is 2.62. The smallest absolute Gasteiger partial charge is 0.302 e. The van der Waals surface area contributed by atoms with E-state index in [1.54, 1.807) is 0 Å². The summed E-state index contributed by atoms with van der Waals surface area (Å²) < 4.78 is 4.77. The standard InChI is InChI=1S/C7H12N2O2.ClH/c1-5(10)11-4-6-2-3-7(8)9-6;/h6H,2-4H2,1H3,(H2,8,9);1H/t6-;/m0./s1. The number of hydrogen-bond acceptors (Lipinski definition) is 4. The molecule has 0 aliphatic carbocycles. The van der Waals surface area contributed by atoms with E-state index in [0.717, 1.165) is 12.8 Å². The predicted octanol–water partition coefficient (Wildman–Crippen LogP) is 0.491. The lowest BCUT2D eigenvalue weighted by Crippen LogP contribution is -2.13. The fourth-order valence-electron chi connectivity index (χ4n) is 1.01. The van der Waals surface area contributed by atoms with Crippen LogP contribution in [0.4, 0.5) is 0 Å². The molecular weight excluding hydrogens is 180 g/mol. The molecule has 1 rings (SSSR count). The van der Waals surface area contributed by atoms with E-state index in [1.807, 2.05) is 0 Å². The van der Waals surface area contributed by atoms with Gasteiger partial charge in [-0.3, -0.25) is 9.79 Å². The predicted molar refractivity (Wildman–Crippen MR) is 48.5 cm³/mol. The van der Waals surface area contributed by atoms with E-state index in [9.17, 15) is 4.79 Å². The molecule has 0 saturated heterocycles. The van der Waals surface area contributed by atoms with Crippen LogP contribution in [0.2, 0.25) is 0 Å². The molecule has 12 heavy (non-hydrogen) atoms. The van der Waals surface area contributed by atoms with Crippen LogP contribution >= 0.6 is 12.4 Å². The average molecular weight is 193 g/mol. The maximum absolute atomic E-state index is 10.4. The van der Waals surface area contributed by atoms with Crippen molar-refractivity contribution >= 4 is 24.2 Å². The number of carbonyl (C=O) groups is 1. The maximum Gasteiger partial charge on any atom is 0.302 e. The fraction of sp³-hybridized carbons (Fsp3) is 0.714. The van der Waals surface area contributed by atoms with Crippen molar-refractivity contribution in [2.45, 2.75) is 25.8 Å². The molecule has 1 atom stereocenters. The Balaban J connectivity index is 0.00000121. The van der Waals surface area contributed by atoms with E-state index in [1.165, 1.54) is 6.92 Å². The second-order valence-corrected chi connectivity index (χ2v) is 2.62. The zero-order chi connectivity index (χ0) is 8.27. The van der Waals surface area contributed by atoms with Crippen molar-refractivity contribution in [1.82, 2.24) is 0 Å². The van der Waals surface area contributed by atoms with E-state index < -0.39 is 0 Å². The third-order valence-electron chi connectivity index (χ3n) is 1.56. The Bertz CT molecular complexity index is 194. The number of hydrogen-bond donors (Lipinski definition) is 1. The average Bonchev–Trinajstić information content (AvgIpc) is 2.31. The summed E-state index contributed by atoms with van der Waals surface area (Å²) in [5, 5.41) is 0. The molecular formula is C7H13ClN2O2. The molecule has 0 aromatic heterocycles. The molecule has 1 aliphatic heterocycles. The number of halogens is 1. The lowest BCUT2D eigenvalue weighted by atomic mass is 10.2. The third-order valence-corrected chi connectivity index (χ3v) is 1.56. The van der Waals surface area contributed by atoms with Crippen molar-refractivity contribution in [3.63, 3.8) is 0 Å². The molecule has 5 heteroatoms. The van der Waals surface area contributed by atoms with Crippen LogP contribution < -0.4 is 5.73 Å². The number of esters is 1. The minimum atomic E-state index is -0.259. The van der Waals surface area contributed by atoms with Crippen LogP contribution in [0.5, 0.6) is 0 Å². The summed E-state index contributed by atoms with van der Waals surface area (Å²) in [4.78, 5) is 14.5. The summed E-state index contributed by atoms with van der Waals surface area (Å²) >= 11 is 0. The Hall–Kier alpha value is -0.770. The van der Waals surface area contributed by atoms with Gasteiger partial charge in [0.05, 0.1) is 11.9 Å². The summed E-state index contributed by atoms with van der Waals surface area (Å²) in [5.41, 5.74) is 5.44. The lowest BCUT2D eigenvalue weighted by molar-refractivity contribution is -0.141. The zero-order valence-electron chi connectivity index (χ0n) is 6.95. The second kappa shape index (κ2) is 4.98. The van der Waals surface area contributed by atoms with Gasteiger partial charge in [0.1, 0.15) is 6.61 Å². The number of carbonyl (C=O) groups excluding carboxylic acids is 1. The van der Waals surface area contributed by atoms with Crippen LogP contribution in [-0.2, 0) is 9.53 Å². The van der Waals surface area contributed by atoms with Crippen molar-refractivity contribution in [2.24, 2.45) is 10.7 Å². The Kier molecular flexibility index (Phi) is 4.66. The highest BCUT2D eigenvalue weighted by molar-refractivity contribution is 5.85. The van der Waals surface area contributed by atoms with Crippen molar-refractivity contribution in [3.8, 4) is 0 Å². The Morgan fingerprint density at radius 3 is 2.92 bits per heavy atom. The molecule has 0 radical (unpaired) electrons. The van der Waals surface area contributed by atoms with Gasteiger partial charge in [0.15, 0.2) is 0 Å². The molecule has 0 aromatic rings. The van der Waals surface area contributed by atoms with E-state index in [4.69, 9.17) is 10.5 Å². The molecule has 0 amide bonds. The van der Waals surface area contributed by atoms with Gasteiger partial charge in [-0.1, -0.05) is 0 Å². The maximum atomic E-state index is 10.4. The third kappa shape index (κ3) is 3.57. The molecule has 0 bridgehead atoms. The van der Waals surface area contributed by atoms with Gasteiger partial charge < -0.3 is 10.5 Å². The highest BCUT2D eigenvalue weighted by atomic mass is 35.5. The first-order valence-corrected chi connectivity index (χ1v) is 3.64. The largest absolute Gasteiger partial charge is 0.464 e. The molecule has 2 N–H and O–H groups in total. The number of rotatable bonds is 2. The molecule has 4 nitrogen and oxygen atoms in total. The Morgan fingerprint density at radius 2 is 2.50 bits per heavy atom. The van der Waals surface area contributed by atoms with Gasteiger partial charge in [-0.05, 0) is 6.42 Å². The van der Waals surface area contributed by atoms with E-state index >= 15 is 0 Å². The monoisotopic (exact) mass is 192 g/mol. The summed E-state index contributed by atoms with van der Waals surface area (Å²) in [7, 11) is 0. The number of nitrogens with two attached hydrogens (primary N) is 1. The first-order valence-electron chi connectivity index (χ1n) is 3.64. The summed E-state index contributed by atoms with van der Waals surface area (Å²) in [6.07, 6.45) is 1.73. The lowest BCUT2D eigenvalue weighted by Gasteiger charge is -2.04. The highest BCUT2D eigenvalue weighted by Gasteiger charge is 2.15. The molecule has 70 valence electrons. The molecule has 0 unspecified atom stereocenters. The Morgan fingerprint density at radius 1 is 1.83 bits per heavy atom. The number of ether oxygens (including phenoxy) is 1. The summed E-state index contributed by atoms with van der Waals surface area (Å²) in [5.74, 6) is 0.410. The molecule has 0 saturated carbocycles. The normalized spacial score (nSPS) is 21.1. The van der Waals surface area contributed by atoms with Crippen molar-refractivity contribution < 1.29 is 9.53 Å². The van der Waals surface area contributed by atoms with E-state index in [2.05, 4.69) is 4.99 Å². The minimum Gasteiger partial charge on any atom is -0.464 e. The van der Waals surface area contributed by atoms with Gasteiger partial charge in [-0.25, -0.2) is 0 Å². The van der Waals surface area contributed by atoms with Crippen LogP contribution in [0, 0.1) is 0 Å². The first-order chi connectivity index (χ1) is 5.18. The molecule has 0 aromatic carbocycles. The van der Waals surface area contributed by atoms with Gasteiger partial charge in [-0.2, -0.15) is 0 Å². The molecule has 0 spiro atoms. The van der Waals surface area contributed by atoms with Crippen LogP contribution in [0.1, 0.15) is 19.8 Å². The van der Waals surface area contributed by atoms with Gasteiger partial charge in [0.2, 0.25) is 0 Å². The van der Waals surface area contributed by atoms with Gasteiger partial charge in [-0.15, -0.1) is 12.4 Å². The van der Waals surface area contributed by atoms with E-state index in [-0.39, 0.29) is 24.4 Å². The van der Waals surface area contributed by atoms with Gasteiger partial charge in [0, 0.05) is 13.3 Å². The Labute approximate surface area is 77.6 Å². The molecule has 0 fully saturated rings. The van der Waals surface area contributed by atoms with Gasteiger partial charge in [0.25, 0.3) is 0 Å². The molecule has 1 aliphatic rings. The quantitative estimate of drug-likeness (QED) is 0.648. The van der Waals surface area contributed by atoms with Crippen LogP contribution in [-0.4, -0.2) is 24.5 Å². The highest BCUT2D eigenvalue weighted by Crippen LogP contribution is 2.10. The van der Waals surface area contributed by atoms with Crippen LogP contribution in [0.15, 0.2) is 4.99 Å². The number of amidine groups is 1. The first kappa shape index (κ1) is 11.2.